The lowest BCUT2D eigenvalue weighted by atomic mass is 9.92. The predicted octanol–water partition coefficient (Wildman–Crippen LogP) is 4.28. The van der Waals surface area contributed by atoms with Crippen LogP contribution in [0.2, 0.25) is 0 Å². The zero-order valence-corrected chi connectivity index (χ0v) is 11.4. The highest BCUT2D eigenvalue weighted by Crippen LogP contribution is 2.28. The van der Waals surface area contributed by atoms with Crippen LogP contribution in [-0.2, 0) is 0 Å². The summed E-state index contributed by atoms with van der Waals surface area (Å²) < 4.78 is 40.1. The van der Waals surface area contributed by atoms with E-state index in [1.807, 2.05) is 6.92 Å². The van der Waals surface area contributed by atoms with E-state index in [2.05, 4.69) is 23.9 Å². The highest BCUT2D eigenvalue weighted by atomic mass is 19.4. The third-order valence-electron chi connectivity index (χ3n) is 3.11. The Hall–Kier alpha value is -1.23. The van der Waals surface area contributed by atoms with E-state index in [-0.39, 0.29) is 11.8 Å². The fourth-order valence-corrected chi connectivity index (χ4v) is 1.98. The van der Waals surface area contributed by atoms with Crippen LogP contribution in [0.25, 0.3) is 0 Å². The minimum absolute atomic E-state index is 0.148. The molecular formula is C14H20F3NO. The number of ether oxygens (including phenoxy) is 1. The zero-order valence-electron chi connectivity index (χ0n) is 11.4. The first-order valence-corrected chi connectivity index (χ1v) is 6.46. The molecule has 19 heavy (non-hydrogen) atoms. The second-order valence-corrected chi connectivity index (χ2v) is 4.54. The van der Waals surface area contributed by atoms with Crippen molar-refractivity contribution >= 4 is 0 Å². The Labute approximate surface area is 112 Å². The molecule has 0 aromatic heterocycles. The molecular weight excluding hydrogens is 255 g/mol. The molecule has 2 unspecified atom stereocenters. The van der Waals surface area contributed by atoms with Gasteiger partial charge in [0.15, 0.2) is 0 Å². The summed E-state index contributed by atoms with van der Waals surface area (Å²) in [5, 5.41) is 3.35. The van der Waals surface area contributed by atoms with Crippen LogP contribution in [0.15, 0.2) is 24.3 Å². The lowest BCUT2D eigenvalue weighted by Crippen LogP contribution is -2.26. The average Bonchev–Trinajstić information content (AvgIpc) is 2.34. The van der Waals surface area contributed by atoms with E-state index >= 15 is 0 Å². The van der Waals surface area contributed by atoms with Gasteiger partial charge in [-0.25, -0.2) is 0 Å². The van der Waals surface area contributed by atoms with Gasteiger partial charge in [0.05, 0.1) is 0 Å². The van der Waals surface area contributed by atoms with E-state index in [1.54, 1.807) is 12.1 Å². The molecule has 1 rings (SSSR count). The number of benzene rings is 1. The normalized spacial score (nSPS) is 15.1. The number of hydrogen-bond donors (Lipinski definition) is 1. The van der Waals surface area contributed by atoms with Crippen LogP contribution in [0.4, 0.5) is 13.2 Å². The first-order chi connectivity index (χ1) is 8.87. The first-order valence-electron chi connectivity index (χ1n) is 6.46. The molecule has 0 amide bonds. The maximum Gasteiger partial charge on any atom is 0.573 e. The quantitative estimate of drug-likeness (QED) is 0.836. The van der Waals surface area contributed by atoms with Gasteiger partial charge >= 0.3 is 6.36 Å². The van der Waals surface area contributed by atoms with Crippen LogP contribution in [0, 0.1) is 5.92 Å². The van der Waals surface area contributed by atoms with Crippen molar-refractivity contribution in [1.29, 1.82) is 0 Å². The van der Waals surface area contributed by atoms with Crippen molar-refractivity contribution in [3.8, 4) is 5.75 Å². The van der Waals surface area contributed by atoms with Gasteiger partial charge in [-0.05, 0) is 30.2 Å². The van der Waals surface area contributed by atoms with Crippen molar-refractivity contribution in [1.82, 2.24) is 5.32 Å². The Bertz CT molecular complexity index is 375. The largest absolute Gasteiger partial charge is 0.573 e. The van der Waals surface area contributed by atoms with Gasteiger partial charge in [0.25, 0.3) is 0 Å². The van der Waals surface area contributed by atoms with Gasteiger partial charge in [-0.15, -0.1) is 13.2 Å². The summed E-state index contributed by atoms with van der Waals surface area (Å²) in [5.41, 5.74) is 0.978. The molecule has 0 saturated heterocycles. The molecule has 5 heteroatoms. The SMILES string of the molecule is CCNC(c1ccc(OC(F)(F)F)cc1)C(C)CC. The number of hydrogen-bond acceptors (Lipinski definition) is 2. The summed E-state index contributed by atoms with van der Waals surface area (Å²) in [4.78, 5) is 0. The maximum atomic E-state index is 12.1. The van der Waals surface area contributed by atoms with Crippen LogP contribution in [-0.4, -0.2) is 12.9 Å². The third kappa shape index (κ3) is 5.11. The minimum atomic E-state index is -4.64. The van der Waals surface area contributed by atoms with Crippen LogP contribution < -0.4 is 10.1 Å². The summed E-state index contributed by atoms with van der Waals surface area (Å²) in [6, 6.07) is 6.22. The number of rotatable bonds is 6. The first kappa shape index (κ1) is 15.8. The molecule has 1 aromatic carbocycles. The number of alkyl halides is 3. The van der Waals surface area contributed by atoms with Crippen LogP contribution in [0.3, 0.4) is 0 Å². The Balaban J connectivity index is 2.83. The van der Waals surface area contributed by atoms with Crippen molar-refractivity contribution in [3.63, 3.8) is 0 Å². The van der Waals surface area contributed by atoms with Crippen molar-refractivity contribution in [3.05, 3.63) is 29.8 Å². The third-order valence-corrected chi connectivity index (χ3v) is 3.11. The van der Waals surface area contributed by atoms with Crippen LogP contribution in [0.5, 0.6) is 5.75 Å². The fraction of sp³-hybridized carbons (Fsp3) is 0.571. The number of nitrogens with one attached hydrogen (secondary N) is 1. The summed E-state index contributed by atoms with van der Waals surface area (Å²) in [7, 11) is 0. The predicted molar refractivity (Wildman–Crippen MR) is 69.0 cm³/mol. The standard InChI is InChI=1S/C14H20F3NO/c1-4-10(3)13(18-5-2)11-6-8-12(9-7-11)19-14(15,16)17/h6-10,13,18H,4-5H2,1-3H3. The molecule has 0 aliphatic heterocycles. The van der Waals surface area contributed by atoms with Gasteiger partial charge in [0, 0.05) is 6.04 Å². The Morgan fingerprint density at radius 2 is 1.74 bits per heavy atom. The van der Waals surface area contributed by atoms with Crippen molar-refractivity contribution in [2.24, 2.45) is 5.92 Å². The molecule has 0 bridgehead atoms. The van der Waals surface area contributed by atoms with Gasteiger partial charge < -0.3 is 10.1 Å². The van der Waals surface area contributed by atoms with E-state index in [9.17, 15) is 13.2 Å². The summed E-state index contributed by atoms with van der Waals surface area (Å²) in [6.45, 7) is 7.04. The Kier molecular flexibility index (Phi) is 5.66. The molecule has 0 heterocycles. The van der Waals surface area contributed by atoms with E-state index in [4.69, 9.17) is 0 Å². The molecule has 2 atom stereocenters. The van der Waals surface area contributed by atoms with Gasteiger partial charge in [-0.2, -0.15) is 0 Å². The van der Waals surface area contributed by atoms with Gasteiger partial charge in [0.1, 0.15) is 5.75 Å². The van der Waals surface area contributed by atoms with Gasteiger partial charge in [-0.1, -0.05) is 39.3 Å². The molecule has 1 aromatic rings. The van der Waals surface area contributed by atoms with E-state index in [0.29, 0.717) is 5.92 Å². The molecule has 0 fully saturated rings. The molecule has 0 aliphatic carbocycles. The smallest absolute Gasteiger partial charge is 0.406 e. The maximum absolute atomic E-state index is 12.1. The lowest BCUT2D eigenvalue weighted by molar-refractivity contribution is -0.274. The summed E-state index contributed by atoms with van der Waals surface area (Å²) >= 11 is 0. The molecule has 1 N–H and O–H groups in total. The van der Waals surface area contributed by atoms with Crippen LogP contribution in [0.1, 0.15) is 38.8 Å². The van der Waals surface area contributed by atoms with Crippen LogP contribution >= 0.6 is 0 Å². The number of halogens is 3. The molecule has 0 aliphatic rings. The topological polar surface area (TPSA) is 21.3 Å². The van der Waals surface area contributed by atoms with Crippen molar-refractivity contribution < 1.29 is 17.9 Å². The Morgan fingerprint density at radius 1 is 1.16 bits per heavy atom. The van der Waals surface area contributed by atoms with E-state index < -0.39 is 6.36 Å². The lowest BCUT2D eigenvalue weighted by Gasteiger charge is -2.24. The second-order valence-electron chi connectivity index (χ2n) is 4.54. The summed E-state index contributed by atoms with van der Waals surface area (Å²) in [5.74, 6) is 0.227. The fourth-order valence-electron chi connectivity index (χ4n) is 1.98. The second kappa shape index (κ2) is 6.80. The van der Waals surface area contributed by atoms with Gasteiger partial charge in [-0.3, -0.25) is 0 Å². The zero-order chi connectivity index (χ0) is 14.5. The summed E-state index contributed by atoms with van der Waals surface area (Å²) in [6.07, 6.45) is -3.64. The van der Waals surface area contributed by atoms with E-state index in [0.717, 1.165) is 18.5 Å². The van der Waals surface area contributed by atoms with Crippen molar-refractivity contribution in [2.45, 2.75) is 39.6 Å². The highest BCUT2D eigenvalue weighted by molar-refractivity contribution is 5.29. The molecule has 2 nitrogen and oxygen atoms in total. The van der Waals surface area contributed by atoms with E-state index in [1.165, 1.54) is 12.1 Å². The van der Waals surface area contributed by atoms with Crippen molar-refractivity contribution in [2.75, 3.05) is 6.54 Å². The molecule has 0 radical (unpaired) electrons. The highest BCUT2D eigenvalue weighted by Gasteiger charge is 2.31. The molecule has 0 saturated carbocycles. The Morgan fingerprint density at radius 3 is 2.16 bits per heavy atom. The molecule has 108 valence electrons. The minimum Gasteiger partial charge on any atom is -0.406 e. The molecule has 0 spiro atoms. The average molecular weight is 275 g/mol. The monoisotopic (exact) mass is 275 g/mol. The van der Waals surface area contributed by atoms with Gasteiger partial charge in [0.2, 0.25) is 0 Å².